The fourth-order valence-corrected chi connectivity index (χ4v) is 5.86. The SMILES string of the molecule is Cc1c(CN2CCN(C(=O)O)C(C(C)(C)C)C2)sc2c(N3CCOCC3)nc(Cl)nc12. The molecule has 0 saturated carbocycles. The van der Waals surface area contributed by atoms with Crippen molar-refractivity contribution < 1.29 is 14.6 Å². The van der Waals surface area contributed by atoms with Gasteiger partial charge in [0.2, 0.25) is 5.28 Å². The molecular weight excluding hydrogens is 438 g/mol. The topological polar surface area (TPSA) is 82.0 Å². The van der Waals surface area contributed by atoms with Gasteiger partial charge in [-0.3, -0.25) is 4.90 Å². The van der Waals surface area contributed by atoms with Crippen LogP contribution in [0.5, 0.6) is 0 Å². The number of ether oxygens (including phenoxy) is 1. The number of thiophene rings is 1. The van der Waals surface area contributed by atoms with E-state index in [4.69, 9.17) is 16.3 Å². The molecule has 2 fully saturated rings. The smallest absolute Gasteiger partial charge is 0.407 e. The van der Waals surface area contributed by atoms with Crippen LogP contribution in [0.25, 0.3) is 10.2 Å². The maximum atomic E-state index is 11.7. The van der Waals surface area contributed by atoms with E-state index in [0.717, 1.165) is 47.8 Å². The van der Waals surface area contributed by atoms with E-state index >= 15 is 0 Å². The van der Waals surface area contributed by atoms with Gasteiger partial charge in [-0.2, -0.15) is 4.98 Å². The van der Waals surface area contributed by atoms with Gasteiger partial charge >= 0.3 is 6.09 Å². The maximum Gasteiger partial charge on any atom is 0.407 e. The number of aromatic nitrogens is 2. The van der Waals surface area contributed by atoms with Crippen molar-refractivity contribution in [1.29, 1.82) is 0 Å². The zero-order valence-corrected chi connectivity index (χ0v) is 20.1. The summed E-state index contributed by atoms with van der Waals surface area (Å²) in [5.41, 5.74) is 1.92. The molecule has 0 radical (unpaired) electrons. The summed E-state index contributed by atoms with van der Waals surface area (Å²) >= 11 is 8.01. The Hall–Kier alpha value is -1.68. The van der Waals surface area contributed by atoms with Crippen LogP contribution in [0.2, 0.25) is 5.28 Å². The Labute approximate surface area is 191 Å². The van der Waals surface area contributed by atoms with Crippen molar-refractivity contribution in [3.8, 4) is 0 Å². The Balaban J connectivity index is 1.62. The Bertz CT molecular complexity index is 970. The molecule has 0 aromatic carbocycles. The molecule has 0 spiro atoms. The van der Waals surface area contributed by atoms with Crippen molar-refractivity contribution in [2.24, 2.45) is 5.41 Å². The van der Waals surface area contributed by atoms with Crippen LogP contribution >= 0.6 is 22.9 Å². The highest BCUT2D eigenvalue weighted by Gasteiger charge is 2.38. The Kier molecular flexibility index (Phi) is 6.31. The summed E-state index contributed by atoms with van der Waals surface area (Å²) in [4.78, 5) is 28.2. The van der Waals surface area contributed by atoms with Gasteiger partial charge in [0.15, 0.2) is 5.82 Å². The fourth-order valence-electron chi connectivity index (χ4n) is 4.39. The van der Waals surface area contributed by atoms with Gasteiger partial charge in [0, 0.05) is 44.1 Å². The third kappa shape index (κ3) is 4.60. The van der Waals surface area contributed by atoms with Gasteiger partial charge < -0.3 is 19.6 Å². The Morgan fingerprint density at radius 2 is 1.94 bits per heavy atom. The number of morpholine rings is 1. The minimum absolute atomic E-state index is 0.0495. The molecule has 0 aliphatic carbocycles. The average molecular weight is 468 g/mol. The van der Waals surface area contributed by atoms with Crippen LogP contribution in [0.1, 0.15) is 31.2 Å². The number of hydrogen-bond donors (Lipinski definition) is 1. The van der Waals surface area contributed by atoms with Gasteiger partial charge in [-0.25, -0.2) is 9.78 Å². The summed E-state index contributed by atoms with van der Waals surface area (Å²) in [5, 5.41) is 9.90. The molecule has 31 heavy (non-hydrogen) atoms. The zero-order chi connectivity index (χ0) is 22.3. The lowest BCUT2D eigenvalue weighted by Gasteiger charge is -2.46. The van der Waals surface area contributed by atoms with E-state index in [2.05, 4.69) is 47.5 Å². The molecule has 1 unspecified atom stereocenters. The second-order valence-corrected chi connectivity index (χ2v) is 10.8. The van der Waals surface area contributed by atoms with Crippen LogP contribution in [-0.4, -0.2) is 82.9 Å². The number of rotatable bonds is 3. The third-order valence-electron chi connectivity index (χ3n) is 6.21. The molecule has 1 atom stereocenters. The summed E-state index contributed by atoms with van der Waals surface area (Å²) in [5.74, 6) is 0.890. The number of halogens is 1. The van der Waals surface area contributed by atoms with Gasteiger partial charge in [0.05, 0.1) is 29.5 Å². The minimum Gasteiger partial charge on any atom is -0.465 e. The first kappa shape index (κ1) is 22.5. The van der Waals surface area contributed by atoms with Gasteiger partial charge in [0.25, 0.3) is 0 Å². The molecule has 2 saturated heterocycles. The molecule has 0 bridgehead atoms. The lowest BCUT2D eigenvalue weighted by Crippen LogP contribution is -2.59. The number of anilines is 1. The van der Waals surface area contributed by atoms with E-state index in [0.29, 0.717) is 26.3 Å². The van der Waals surface area contributed by atoms with E-state index < -0.39 is 6.09 Å². The number of aryl methyl sites for hydroxylation is 1. The van der Waals surface area contributed by atoms with Gasteiger partial charge in [-0.15, -0.1) is 11.3 Å². The highest BCUT2D eigenvalue weighted by Crippen LogP contribution is 2.38. The number of hydrogen-bond acceptors (Lipinski definition) is 7. The van der Waals surface area contributed by atoms with E-state index in [1.807, 2.05) is 0 Å². The molecule has 2 aliphatic rings. The summed E-state index contributed by atoms with van der Waals surface area (Å²) < 4.78 is 6.55. The highest BCUT2D eigenvalue weighted by atomic mass is 35.5. The molecular formula is C21H30ClN5O3S. The standard InChI is InChI=1S/C21H30ClN5O3S/c1-13-14(11-25-5-6-27(20(28)29)15(12-25)21(2,3)4)31-17-16(13)23-19(22)24-18(17)26-7-9-30-10-8-26/h15H,5-12H2,1-4H3,(H,28,29). The quantitative estimate of drug-likeness (QED) is 0.689. The molecule has 4 heterocycles. The molecule has 2 aromatic rings. The van der Waals surface area contributed by atoms with Crippen LogP contribution in [0, 0.1) is 12.3 Å². The van der Waals surface area contributed by atoms with E-state index in [1.165, 1.54) is 4.88 Å². The van der Waals surface area contributed by atoms with Crippen LogP contribution in [0.3, 0.4) is 0 Å². The molecule has 170 valence electrons. The maximum absolute atomic E-state index is 11.7. The number of amides is 1. The van der Waals surface area contributed by atoms with Crippen LogP contribution < -0.4 is 4.90 Å². The van der Waals surface area contributed by atoms with Crippen molar-refractivity contribution >= 4 is 45.1 Å². The molecule has 2 aliphatic heterocycles. The summed E-state index contributed by atoms with van der Waals surface area (Å²) in [6.45, 7) is 14.1. The molecule has 2 aromatic heterocycles. The van der Waals surface area contributed by atoms with Crippen molar-refractivity contribution in [3.63, 3.8) is 0 Å². The molecule has 10 heteroatoms. The van der Waals surface area contributed by atoms with Crippen LogP contribution in [-0.2, 0) is 11.3 Å². The fraction of sp³-hybridized carbons (Fsp3) is 0.667. The monoisotopic (exact) mass is 467 g/mol. The Morgan fingerprint density at radius 1 is 1.23 bits per heavy atom. The lowest BCUT2D eigenvalue weighted by atomic mass is 9.84. The summed E-state index contributed by atoms with van der Waals surface area (Å²) in [7, 11) is 0. The van der Waals surface area contributed by atoms with Crippen molar-refractivity contribution in [2.75, 3.05) is 50.8 Å². The molecule has 1 N–H and O–H groups in total. The first-order valence-electron chi connectivity index (χ1n) is 10.6. The van der Waals surface area contributed by atoms with E-state index in [9.17, 15) is 9.90 Å². The number of nitrogens with zero attached hydrogens (tertiary/aromatic N) is 5. The lowest BCUT2D eigenvalue weighted by molar-refractivity contribution is 0.0193. The number of carbonyl (C=O) groups is 1. The van der Waals surface area contributed by atoms with E-state index in [1.54, 1.807) is 16.2 Å². The van der Waals surface area contributed by atoms with Crippen LogP contribution in [0.15, 0.2) is 0 Å². The normalized spacial score (nSPS) is 21.1. The predicted octanol–water partition coefficient (Wildman–Crippen LogP) is 3.70. The zero-order valence-electron chi connectivity index (χ0n) is 18.5. The van der Waals surface area contributed by atoms with Gasteiger partial charge in [0.1, 0.15) is 0 Å². The van der Waals surface area contributed by atoms with Crippen molar-refractivity contribution in [2.45, 2.75) is 40.3 Å². The second-order valence-electron chi connectivity index (χ2n) is 9.34. The second kappa shape index (κ2) is 8.69. The average Bonchev–Trinajstić information content (AvgIpc) is 3.03. The predicted molar refractivity (Wildman–Crippen MR) is 123 cm³/mol. The molecule has 8 nitrogen and oxygen atoms in total. The van der Waals surface area contributed by atoms with Crippen molar-refractivity contribution in [3.05, 3.63) is 15.7 Å². The van der Waals surface area contributed by atoms with Crippen molar-refractivity contribution in [1.82, 2.24) is 19.8 Å². The first-order valence-corrected chi connectivity index (χ1v) is 11.8. The first-order chi connectivity index (χ1) is 14.6. The molecule has 1 amide bonds. The summed E-state index contributed by atoms with van der Waals surface area (Å²) in [6, 6.07) is -0.0495. The number of carboxylic acid groups (broad SMARTS) is 1. The van der Waals surface area contributed by atoms with Gasteiger partial charge in [-0.1, -0.05) is 20.8 Å². The number of fused-ring (bicyclic) bond motifs is 1. The third-order valence-corrected chi connectivity index (χ3v) is 7.64. The van der Waals surface area contributed by atoms with Gasteiger partial charge in [-0.05, 0) is 29.5 Å². The highest BCUT2D eigenvalue weighted by molar-refractivity contribution is 7.19. The number of piperazine rings is 1. The summed E-state index contributed by atoms with van der Waals surface area (Å²) in [6.07, 6.45) is -0.835. The Morgan fingerprint density at radius 3 is 2.58 bits per heavy atom. The largest absolute Gasteiger partial charge is 0.465 e. The molecule has 4 rings (SSSR count). The van der Waals surface area contributed by atoms with Crippen LogP contribution in [0.4, 0.5) is 10.6 Å². The van der Waals surface area contributed by atoms with E-state index in [-0.39, 0.29) is 16.7 Å². The minimum atomic E-state index is -0.835.